The highest BCUT2D eigenvalue weighted by Gasteiger charge is 2.38. The Morgan fingerprint density at radius 3 is 2.33 bits per heavy atom. The number of fused-ring (bicyclic) bond motifs is 3. The van der Waals surface area contributed by atoms with Gasteiger partial charge in [-0.05, 0) is 61.4 Å². The predicted molar refractivity (Wildman–Crippen MR) is 194 cm³/mol. The molecule has 0 aliphatic carbocycles. The van der Waals surface area contributed by atoms with Crippen molar-refractivity contribution >= 4 is 67.3 Å². The third kappa shape index (κ3) is 5.53. The number of aromatic nitrogens is 3. The van der Waals surface area contributed by atoms with Gasteiger partial charge in [-0.2, -0.15) is 0 Å². The van der Waals surface area contributed by atoms with Gasteiger partial charge < -0.3 is 9.88 Å². The maximum Gasteiger partial charge on any atom is 0.296 e. The topological polar surface area (TPSA) is 109 Å². The van der Waals surface area contributed by atoms with Gasteiger partial charge in [0, 0.05) is 46.7 Å². The van der Waals surface area contributed by atoms with Gasteiger partial charge in [0.1, 0.15) is 10.6 Å². The van der Waals surface area contributed by atoms with Crippen molar-refractivity contribution in [3.8, 4) is 5.69 Å². The fourth-order valence-electron chi connectivity index (χ4n) is 6.69. The Morgan fingerprint density at radius 1 is 0.918 bits per heavy atom. The van der Waals surface area contributed by atoms with E-state index in [-0.39, 0.29) is 33.8 Å². The minimum Gasteiger partial charge on any atom is -0.356 e. The quantitative estimate of drug-likeness (QED) is 0.180. The minimum atomic E-state index is -4.51. The molecule has 4 aromatic carbocycles. The van der Waals surface area contributed by atoms with Crippen LogP contribution in [0.4, 0.5) is 5.69 Å². The molecule has 7 rings (SSSR count). The number of nitrogens with one attached hydrogen (secondary N) is 2. The number of halogens is 3. The number of carbonyl (C=O) groups is 1. The molecule has 6 aromatic rings. The Hall–Kier alpha value is -4.48. The van der Waals surface area contributed by atoms with Crippen LogP contribution in [0.25, 0.3) is 16.6 Å². The normalized spacial score (nSPS) is 16.2. The first kappa shape index (κ1) is 33.0. The average molecular weight is 735 g/mol. The van der Waals surface area contributed by atoms with Crippen molar-refractivity contribution in [1.29, 1.82) is 0 Å². The van der Waals surface area contributed by atoms with E-state index in [0.717, 1.165) is 27.7 Å². The van der Waals surface area contributed by atoms with Gasteiger partial charge in [0.15, 0.2) is 0 Å². The molecule has 9 nitrogen and oxygen atoms in total. The molecule has 0 saturated carbocycles. The summed E-state index contributed by atoms with van der Waals surface area (Å²) in [5.74, 6) is -0.730. The number of aromatic amines is 1. The highest BCUT2D eigenvalue weighted by Crippen LogP contribution is 2.45. The van der Waals surface area contributed by atoms with Crippen LogP contribution in [-0.2, 0) is 17.1 Å². The molecule has 0 spiro atoms. The molecule has 250 valence electrons. The zero-order chi connectivity index (χ0) is 34.8. The second-order valence-corrected chi connectivity index (χ2v) is 14.9. The summed E-state index contributed by atoms with van der Waals surface area (Å²) in [7, 11) is -2.86. The largest absolute Gasteiger partial charge is 0.356 e. The lowest BCUT2D eigenvalue weighted by Gasteiger charge is -2.39. The van der Waals surface area contributed by atoms with Crippen molar-refractivity contribution < 1.29 is 13.2 Å². The van der Waals surface area contributed by atoms with Crippen molar-refractivity contribution in [3.05, 3.63) is 144 Å². The number of rotatable bonds is 6. The van der Waals surface area contributed by atoms with Gasteiger partial charge >= 0.3 is 0 Å². The summed E-state index contributed by atoms with van der Waals surface area (Å²) in [6.45, 7) is 3.81. The summed E-state index contributed by atoms with van der Waals surface area (Å²) in [6.07, 6.45) is 0. The van der Waals surface area contributed by atoms with E-state index in [2.05, 4.69) is 9.71 Å². The highest BCUT2D eigenvalue weighted by atomic mass is 35.5. The first-order valence-electron chi connectivity index (χ1n) is 15.4. The van der Waals surface area contributed by atoms with E-state index in [9.17, 15) is 18.0 Å². The molecule has 1 amide bonds. The monoisotopic (exact) mass is 733 g/mol. The van der Waals surface area contributed by atoms with E-state index in [1.54, 1.807) is 47.8 Å². The molecule has 1 aliphatic rings. The molecular formula is C36H30Cl3N5O4S. The third-order valence-electron chi connectivity index (χ3n) is 9.25. The maximum absolute atomic E-state index is 14.4. The van der Waals surface area contributed by atoms with Crippen LogP contribution in [0.1, 0.15) is 51.8 Å². The fraction of sp³-hybridized carbons (Fsp3) is 0.167. The van der Waals surface area contributed by atoms with E-state index in [4.69, 9.17) is 34.8 Å². The molecular weight excluding hydrogens is 705 g/mol. The van der Waals surface area contributed by atoms with Crippen LogP contribution in [0, 0.1) is 6.92 Å². The van der Waals surface area contributed by atoms with E-state index >= 15 is 0 Å². The second-order valence-electron chi connectivity index (χ2n) is 12.0. The standard InChI is InChI=1S/C36H30Cl3N5O4S/c1-20-34(36(46)44(42(20)3)23-11-5-4-6-12-23)41-49(47,48)30-18-22(17-28(38)32(30)39)35(45)43-19-26(24-13-7-9-15-27(24)37)31-25-14-8-10-16-29(25)40-33(31)21(43)2/h4-18,21,26,40-41H,19H2,1-3H3. The van der Waals surface area contributed by atoms with E-state index < -0.39 is 32.4 Å². The van der Waals surface area contributed by atoms with Gasteiger partial charge in [0.25, 0.3) is 21.5 Å². The Balaban J connectivity index is 1.29. The molecule has 2 N–H and O–H groups in total. The van der Waals surface area contributed by atoms with E-state index in [1.165, 1.54) is 16.8 Å². The number of amides is 1. The number of hydrogen-bond donors (Lipinski definition) is 2. The van der Waals surface area contributed by atoms with Crippen LogP contribution in [0.2, 0.25) is 15.1 Å². The number of carbonyl (C=O) groups excluding carboxylic acids is 1. The molecule has 13 heteroatoms. The summed E-state index contributed by atoms with van der Waals surface area (Å²) < 4.78 is 33.2. The number of H-pyrrole nitrogens is 1. The average Bonchev–Trinajstić information content (AvgIpc) is 3.58. The first-order valence-corrected chi connectivity index (χ1v) is 18.0. The van der Waals surface area contributed by atoms with Crippen LogP contribution >= 0.6 is 34.8 Å². The van der Waals surface area contributed by atoms with Gasteiger partial charge in [-0.15, -0.1) is 0 Å². The second kappa shape index (κ2) is 12.4. The maximum atomic E-state index is 14.4. The van der Waals surface area contributed by atoms with Gasteiger partial charge in [-0.1, -0.05) is 89.4 Å². The molecule has 0 bridgehead atoms. The fourth-order valence-corrected chi connectivity index (χ4v) is 8.88. The Morgan fingerprint density at radius 2 is 1.59 bits per heavy atom. The number of benzene rings is 4. The molecule has 3 heterocycles. The highest BCUT2D eigenvalue weighted by molar-refractivity contribution is 7.92. The first-order chi connectivity index (χ1) is 23.4. The van der Waals surface area contributed by atoms with E-state index in [0.29, 0.717) is 16.4 Å². The summed E-state index contributed by atoms with van der Waals surface area (Å²) in [5, 5.41) is 1.21. The van der Waals surface area contributed by atoms with Gasteiger partial charge in [-0.25, -0.2) is 13.1 Å². The van der Waals surface area contributed by atoms with Crippen LogP contribution in [-0.4, -0.2) is 40.1 Å². The smallest absolute Gasteiger partial charge is 0.296 e. The van der Waals surface area contributed by atoms with Gasteiger partial charge in [-0.3, -0.25) is 19.0 Å². The van der Waals surface area contributed by atoms with Crippen molar-refractivity contribution in [2.24, 2.45) is 7.05 Å². The Labute approximate surface area is 297 Å². The SMILES string of the molecule is Cc1c(NS(=O)(=O)c2cc(C(=O)N3CC(c4ccccc4Cl)c4c([nH]c5ccccc45)C3C)cc(Cl)c2Cl)c(=O)n(-c2ccccc2)n1C. The Kier molecular flexibility index (Phi) is 8.39. The molecule has 49 heavy (non-hydrogen) atoms. The zero-order valence-electron chi connectivity index (χ0n) is 26.5. The molecule has 0 saturated heterocycles. The van der Waals surface area contributed by atoms with Crippen molar-refractivity contribution in [2.75, 3.05) is 11.3 Å². The van der Waals surface area contributed by atoms with E-state index in [1.807, 2.05) is 61.5 Å². The predicted octanol–water partition coefficient (Wildman–Crippen LogP) is 8.08. The summed E-state index contributed by atoms with van der Waals surface area (Å²) in [6, 6.07) is 26.5. The summed E-state index contributed by atoms with van der Waals surface area (Å²) in [4.78, 5) is 32.7. The van der Waals surface area contributed by atoms with Crippen LogP contribution in [0.3, 0.4) is 0 Å². The molecule has 2 aromatic heterocycles. The molecule has 1 aliphatic heterocycles. The number of sulfonamides is 1. The minimum absolute atomic E-state index is 0.0191. The molecule has 0 radical (unpaired) electrons. The molecule has 2 atom stereocenters. The lowest BCUT2D eigenvalue weighted by molar-refractivity contribution is 0.0662. The lowest BCUT2D eigenvalue weighted by atomic mass is 9.83. The Bertz CT molecular complexity index is 2450. The zero-order valence-corrected chi connectivity index (χ0v) is 29.6. The van der Waals surface area contributed by atoms with Crippen molar-refractivity contribution in [3.63, 3.8) is 0 Å². The van der Waals surface area contributed by atoms with Gasteiger partial charge in [0.05, 0.1) is 27.5 Å². The van der Waals surface area contributed by atoms with Crippen molar-refractivity contribution in [1.82, 2.24) is 19.2 Å². The third-order valence-corrected chi connectivity index (χ3v) is 11.9. The van der Waals surface area contributed by atoms with Crippen LogP contribution in [0.5, 0.6) is 0 Å². The summed E-state index contributed by atoms with van der Waals surface area (Å²) in [5.41, 5.74) is 3.92. The molecule has 0 fully saturated rings. The van der Waals surface area contributed by atoms with Crippen LogP contribution < -0.4 is 10.3 Å². The van der Waals surface area contributed by atoms with Crippen LogP contribution in [0.15, 0.2) is 101 Å². The van der Waals surface area contributed by atoms with Gasteiger partial charge in [0.2, 0.25) is 0 Å². The van der Waals surface area contributed by atoms with Crippen molar-refractivity contribution in [2.45, 2.75) is 30.7 Å². The number of para-hydroxylation sites is 2. The lowest BCUT2D eigenvalue weighted by Crippen LogP contribution is -2.41. The molecule has 2 unspecified atom stereocenters. The number of hydrogen-bond acceptors (Lipinski definition) is 4. The number of anilines is 1. The number of nitrogens with zero attached hydrogens (tertiary/aromatic N) is 3. The summed E-state index contributed by atoms with van der Waals surface area (Å²) >= 11 is 19.7.